The summed E-state index contributed by atoms with van der Waals surface area (Å²) in [5.41, 5.74) is 0. The summed E-state index contributed by atoms with van der Waals surface area (Å²) in [4.78, 5) is 11.9. The van der Waals surface area contributed by atoms with Crippen LogP contribution in [0.15, 0.2) is 0 Å². The first-order valence-electron chi connectivity index (χ1n) is 6.80. The Morgan fingerprint density at radius 3 is 2.06 bits per heavy atom. The monoisotopic (exact) mass is 258 g/mol. The van der Waals surface area contributed by atoms with Crippen LogP contribution < -0.4 is 0 Å². The molecule has 0 aromatic rings. The maximum absolute atomic E-state index is 11.9. The molecule has 17 heavy (non-hydrogen) atoms. The summed E-state index contributed by atoms with van der Waals surface area (Å²) in [7, 11) is -3.15. The SMILES string of the molecule is O=C(CS(=O)(=O)CC1CCCC1)C1CCCC1. The normalized spacial score (nSPS) is 23.3. The third-order valence-electron chi connectivity index (χ3n) is 4.14. The maximum atomic E-state index is 11.9. The summed E-state index contributed by atoms with van der Waals surface area (Å²) in [6.07, 6.45) is 8.31. The predicted molar refractivity (Wildman–Crippen MR) is 67.6 cm³/mol. The number of hydrogen-bond acceptors (Lipinski definition) is 3. The zero-order chi connectivity index (χ0) is 12.3. The van der Waals surface area contributed by atoms with Crippen LogP contribution in [-0.4, -0.2) is 25.7 Å². The van der Waals surface area contributed by atoms with Crippen LogP contribution in [0.4, 0.5) is 0 Å². The van der Waals surface area contributed by atoms with Gasteiger partial charge in [-0.3, -0.25) is 4.79 Å². The van der Waals surface area contributed by atoms with Gasteiger partial charge in [0.25, 0.3) is 0 Å². The van der Waals surface area contributed by atoms with Crippen molar-refractivity contribution in [2.45, 2.75) is 51.4 Å². The maximum Gasteiger partial charge on any atom is 0.157 e. The molecule has 0 bridgehead atoms. The van der Waals surface area contributed by atoms with E-state index in [0.717, 1.165) is 51.4 Å². The van der Waals surface area contributed by atoms with Crippen molar-refractivity contribution < 1.29 is 13.2 Å². The van der Waals surface area contributed by atoms with Gasteiger partial charge in [0, 0.05) is 5.92 Å². The average molecular weight is 258 g/mol. The van der Waals surface area contributed by atoms with Crippen molar-refractivity contribution in [1.82, 2.24) is 0 Å². The molecule has 0 radical (unpaired) electrons. The van der Waals surface area contributed by atoms with Gasteiger partial charge in [-0.2, -0.15) is 0 Å². The highest BCUT2D eigenvalue weighted by Crippen LogP contribution is 2.28. The molecule has 0 amide bonds. The fourth-order valence-corrected chi connectivity index (χ4v) is 5.02. The van der Waals surface area contributed by atoms with Crippen LogP contribution in [0.1, 0.15) is 51.4 Å². The number of carbonyl (C=O) groups excluding carboxylic acids is 1. The second-order valence-electron chi connectivity index (χ2n) is 5.65. The molecule has 3 nitrogen and oxygen atoms in total. The first-order chi connectivity index (χ1) is 8.07. The van der Waals surface area contributed by atoms with E-state index in [-0.39, 0.29) is 23.2 Å². The van der Waals surface area contributed by atoms with E-state index in [0.29, 0.717) is 5.92 Å². The second-order valence-corrected chi connectivity index (χ2v) is 7.76. The second kappa shape index (κ2) is 5.51. The largest absolute Gasteiger partial charge is 0.298 e. The van der Waals surface area contributed by atoms with E-state index in [4.69, 9.17) is 0 Å². The summed E-state index contributed by atoms with van der Waals surface area (Å²) >= 11 is 0. The van der Waals surface area contributed by atoms with Crippen LogP contribution in [-0.2, 0) is 14.6 Å². The Balaban J connectivity index is 1.85. The van der Waals surface area contributed by atoms with Crippen molar-refractivity contribution in [3.8, 4) is 0 Å². The van der Waals surface area contributed by atoms with Crippen LogP contribution in [0, 0.1) is 11.8 Å². The molecule has 2 rings (SSSR count). The molecule has 0 aromatic carbocycles. The Morgan fingerprint density at radius 1 is 0.941 bits per heavy atom. The summed E-state index contributed by atoms with van der Waals surface area (Å²) in [5.74, 6) is 0.366. The Bertz CT molecular complexity index is 360. The van der Waals surface area contributed by atoms with Crippen LogP contribution >= 0.6 is 0 Å². The molecule has 0 spiro atoms. The molecule has 2 aliphatic rings. The Labute approximate surface area is 104 Å². The number of hydrogen-bond donors (Lipinski definition) is 0. The van der Waals surface area contributed by atoms with Gasteiger partial charge in [-0.1, -0.05) is 25.7 Å². The first kappa shape index (κ1) is 13.1. The van der Waals surface area contributed by atoms with Crippen LogP contribution in [0.25, 0.3) is 0 Å². The minimum absolute atomic E-state index is 0.0273. The van der Waals surface area contributed by atoms with Crippen LogP contribution in [0.5, 0.6) is 0 Å². The van der Waals surface area contributed by atoms with Gasteiger partial charge in [-0.25, -0.2) is 8.42 Å². The number of rotatable bonds is 5. The van der Waals surface area contributed by atoms with Crippen molar-refractivity contribution in [3.05, 3.63) is 0 Å². The highest BCUT2D eigenvalue weighted by Gasteiger charge is 2.29. The number of carbonyl (C=O) groups is 1. The van der Waals surface area contributed by atoms with Gasteiger partial charge < -0.3 is 0 Å². The van der Waals surface area contributed by atoms with E-state index < -0.39 is 9.84 Å². The quantitative estimate of drug-likeness (QED) is 0.760. The molecule has 0 heterocycles. The molecule has 0 aromatic heterocycles. The van der Waals surface area contributed by atoms with Gasteiger partial charge in [-0.05, 0) is 31.6 Å². The Kier molecular flexibility index (Phi) is 4.23. The molecule has 0 saturated heterocycles. The lowest BCUT2D eigenvalue weighted by Crippen LogP contribution is -2.26. The fourth-order valence-electron chi connectivity index (χ4n) is 3.18. The fraction of sp³-hybridized carbons (Fsp3) is 0.923. The highest BCUT2D eigenvalue weighted by molar-refractivity contribution is 7.92. The molecule has 4 heteroatoms. The van der Waals surface area contributed by atoms with Crippen molar-refractivity contribution in [2.75, 3.05) is 11.5 Å². The van der Waals surface area contributed by atoms with Gasteiger partial charge in [0.15, 0.2) is 15.6 Å². The Hall–Kier alpha value is -0.380. The molecular formula is C13H22O3S. The third kappa shape index (κ3) is 3.80. The first-order valence-corrected chi connectivity index (χ1v) is 8.62. The number of sulfone groups is 1. The number of ketones is 1. The van der Waals surface area contributed by atoms with Gasteiger partial charge in [0.1, 0.15) is 5.75 Å². The summed E-state index contributed by atoms with van der Waals surface area (Å²) < 4.78 is 23.9. The van der Waals surface area contributed by atoms with Crippen LogP contribution in [0.2, 0.25) is 0 Å². The minimum atomic E-state index is -3.15. The van der Waals surface area contributed by atoms with Gasteiger partial charge in [0.2, 0.25) is 0 Å². The Morgan fingerprint density at radius 2 is 1.47 bits per heavy atom. The lowest BCUT2D eigenvalue weighted by atomic mass is 10.0. The smallest absolute Gasteiger partial charge is 0.157 e. The molecule has 2 fully saturated rings. The minimum Gasteiger partial charge on any atom is -0.298 e. The van der Waals surface area contributed by atoms with E-state index in [1.165, 1.54) is 0 Å². The van der Waals surface area contributed by atoms with Gasteiger partial charge >= 0.3 is 0 Å². The van der Waals surface area contributed by atoms with E-state index in [1.807, 2.05) is 0 Å². The van der Waals surface area contributed by atoms with Crippen molar-refractivity contribution in [1.29, 1.82) is 0 Å². The summed E-state index contributed by atoms with van der Waals surface area (Å²) in [5, 5.41) is 0. The molecule has 2 aliphatic carbocycles. The molecule has 0 aliphatic heterocycles. The van der Waals surface area contributed by atoms with Gasteiger partial charge in [-0.15, -0.1) is 0 Å². The predicted octanol–water partition coefficient (Wildman–Crippen LogP) is 2.35. The topological polar surface area (TPSA) is 51.2 Å². The lowest BCUT2D eigenvalue weighted by Gasteiger charge is -2.11. The van der Waals surface area contributed by atoms with Gasteiger partial charge in [0.05, 0.1) is 5.75 Å². The summed E-state index contributed by atoms with van der Waals surface area (Å²) in [6, 6.07) is 0. The number of Topliss-reactive ketones (excluding diaryl/α,β-unsaturated/α-hetero) is 1. The lowest BCUT2D eigenvalue weighted by molar-refractivity contribution is -0.120. The molecule has 2 saturated carbocycles. The molecule has 0 N–H and O–H groups in total. The molecule has 98 valence electrons. The van der Waals surface area contributed by atoms with E-state index >= 15 is 0 Å². The van der Waals surface area contributed by atoms with Crippen molar-refractivity contribution in [3.63, 3.8) is 0 Å². The third-order valence-corrected chi connectivity index (χ3v) is 5.84. The van der Waals surface area contributed by atoms with E-state index in [9.17, 15) is 13.2 Å². The average Bonchev–Trinajstić information content (AvgIpc) is 2.85. The molecule has 0 atom stereocenters. The highest BCUT2D eigenvalue weighted by atomic mass is 32.2. The zero-order valence-corrected chi connectivity index (χ0v) is 11.2. The van der Waals surface area contributed by atoms with Crippen LogP contribution in [0.3, 0.4) is 0 Å². The van der Waals surface area contributed by atoms with E-state index in [1.54, 1.807) is 0 Å². The van der Waals surface area contributed by atoms with Crippen molar-refractivity contribution in [2.24, 2.45) is 11.8 Å². The molecular weight excluding hydrogens is 236 g/mol. The van der Waals surface area contributed by atoms with E-state index in [2.05, 4.69) is 0 Å². The van der Waals surface area contributed by atoms with Crippen molar-refractivity contribution >= 4 is 15.6 Å². The summed E-state index contributed by atoms with van der Waals surface area (Å²) in [6.45, 7) is 0. The molecule has 0 unspecified atom stereocenters. The zero-order valence-electron chi connectivity index (χ0n) is 10.4. The standard InChI is InChI=1S/C13H22O3S/c14-13(12-7-3-4-8-12)10-17(15,16)9-11-5-1-2-6-11/h11-12H,1-10H2.